The first-order valence-corrected chi connectivity index (χ1v) is 8.90. The molecule has 0 radical (unpaired) electrons. The predicted octanol–water partition coefficient (Wildman–Crippen LogP) is 4.32. The van der Waals surface area contributed by atoms with Gasteiger partial charge in [-0.3, -0.25) is 9.36 Å². The number of carbonyl (C=O) groups is 1. The van der Waals surface area contributed by atoms with E-state index in [2.05, 4.69) is 10.3 Å². The Hall–Kier alpha value is -3.13. The fourth-order valence-corrected chi connectivity index (χ4v) is 3.06. The van der Waals surface area contributed by atoms with Crippen LogP contribution in [0.3, 0.4) is 0 Å². The molecule has 29 heavy (non-hydrogen) atoms. The van der Waals surface area contributed by atoms with Crippen LogP contribution < -0.4 is 5.32 Å². The van der Waals surface area contributed by atoms with Gasteiger partial charge in [0.1, 0.15) is 5.69 Å². The third-order valence-electron chi connectivity index (χ3n) is 4.33. The van der Waals surface area contributed by atoms with Crippen LogP contribution in [0.25, 0.3) is 16.8 Å². The highest BCUT2D eigenvalue weighted by Crippen LogP contribution is 2.37. The number of hydrogen-bond acceptors (Lipinski definition) is 3. The minimum atomic E-state index is -4.47. The molecule has 0 aliphatic heterocycles. The first kappa shape index (κ1) is 20.6. The smallest absolute Gasteiger partial charge is 0.383 e. The molecule has 0 saturated carbocycles. The fourth-order valence-electron chi connectivity index (χ4n) is 3.06. The molecule has 1 amide bonds. The number of ether oxygens (including phenoxy) is 1. The average molecular weight is 403 g/mol. The fraction of sp³-hybridized carbons (Fsp3) is 0.238. The van der Waals surface area contributed by atoms with Crippen molar-refractivity contribution in [1.82, 2.24) is 14.9 Å². The predicted molar refractivity (Wildman–Crippen MR) is 103 cm³/mol. The number of halogens is 3. The quantitative estimate of drug-likeness (QED) is 0.667. The molecule has 1 N–H and O–H groups in total. The molecule has 5 nitrogen and oxygen atoms in total. The molecule has 0 aliphatic rings. The van der Waals surface area contributed by atoms with Crippen LogP contribution >= 0.6 is 0 Å². The van der Waals surface area contributed by atoms with Crippen molar-refractivity contribution in [3.63, 3.8) is 0 Å². The van der Waals surface area contributed by atoms with Crippen molar-refractivity contribution in [3.05, 3.63) is 72.3 Å². The first-order valence-electron chi connectivity index (χ1n) is 8.90. The van der Waals surface area contributed by atoms with Gasteiger partial charge in [0.05, 0.1) is 24.7 Å². The zero-order valence-electron chi connectivity index (χ0n) is 15.9. The second-order valence-electron chi connectivity index (χ2n) is 6.57. The van der Waals surface area contributed by atoms with Crippen molar-refractivity contribution in [2.45, 2.75) is 19.1 Å². The van der Waals surface area contributed by atoms with Gasteiger partial charge in [0.2, 0.25) is 0 Å². The van der Waals surface area contributed by atoms with Gasteiger partial charge in [-0.2, -0.15) is 13.2 Å². The molecule has 2 aromatic carbocycles. The molecular formula is C21H20F3N3O2. The van der Waals surface area contributed by atoms with Gasteiger partial charge in [0.25, 0.3) is 5.91 Å². The number of nitrogens with zero attached hydrogens (tertiary/aromatic N) is 2. The Morgan fingerprint density at radius 1 is 1.21 bits per heavy atom. The molecule has 1 aromatic heterocycles. The number of amides is 1. The van der Waals surface area contributed by atoms with Crippen molar-refractivity contribution in [3.8, 4) is 16.8 Å². The molecular weight excluding hydrogens is 383 g/mol. The maximum atomic E-state index is 13.4. The average Bonchev–Trinajstić information content (AvgIpc) is 3.18. The molecule has 0 spiro atoms. The SMILES string of the molecule is COC[C@H](C)NC(=O)c1cncn1-c1cccc(-c2ccccc2C(F)(F)F)c1. The molecule has 1 atom stereocenters. The number of benzene rings is 2. The maximum Gasteiger partial charge on any atom is 0.417 e. The van der Waals surface area contributed by atoms with E-state index in [0.29, 0.717) is 17.9 Å². The summed E-state index contributed by atoms with van der Waals surface area (Å²) >= 11 is 0. The molecule has 1 heterocycles. The van der Waals surface area contributed by atoms with Crippen LogP contribution in [0.1, 0.15) is 23.0 Å². The second-order valence-corrected chi connectivity index (χ2v) is 6.57. The Bertz CT molecular complexity index is 999. The van der Waals surface area contributed by atoms with Crippen LogP contribution in [0.5, 0.6) is 0 Å². The monoisotopic (exact) mass is 403 g/mol. The maximum absolute atomic E-state index is 13.4. The number of aromatic nitrogens is 2. The van der Waals surface area contributed by atoms with Crippen molar-refractivity contribution in [1.29, 1.82) is 0 Å². The van der Waals surface area contributed by atoms with E-state index in [4.69, 9.17) is 4.74 Å². The molecule has 0 unspecified atom stereocenters. The Morgan fingerprint density at radius 3 is 2.69 bits per heavy atom. The lowest BCUT2D eigenvalue weighted by molar-refractivity contribution is -0.137. The van der Waals surface area contributed by atoms with Crippen LogP contribution in [0, 0.1) is 0 Å². The topological polar surface area (TPSA) is 56.1 Å². The van der Waals surface area contributed by atoms with Crippen LogP contribution in [-0.4, -0.2) is 35.2 Å². The van der Waals surface area contributed by atoms with E-state index >= 15 is 0 Å². The van der Waals surface area contributed by atoms with E-state index in [1.807, 2.05) is 0 Å². The molecule has 0 bridgehead atoms. The van der Waals surface area contributed by atoms with Crippen LogP contribution in [0.15, 0.2) is 61.1 Å². The van der Waals surface area contributed by atoms with Gasteiger partial charge < -0.3 is 10.1 Å². The van der Waals surface area contributed by atoms with Gasteiger partial charge in [0, 0.05) is 18.8 Å². The number of hydrogen-bond donors (Lipinski definition) is 1. The van der Waals surface area contributed by atoms with E-state index in [9.17, 15) is 18.0 Å². The number of imidazole rings is 1. The Kier molecular flexibility index (Phi) is 6.03. The minimum Gasteiger partial charge on any atom is -0.383 e. The van der Waals surface area contributed by atoms with E-state index < -0.39 is 11.7 Å². The van der Waals surface area contributed by atoms with Crippen LogP contribution in [0.4, 0.5) is 13.2 Å². The summed E-state index contributed by atoms with van der Waals surface area (Å²) in [5, 5.41) is 2.80. The second kappa shape index (κ2) is 8.48. The summed E-state index contributed by atoms with van der Waals surface area (Å²) in [6.45, 7) is 2.15. The van der Waals surface area contributed by atoms with Crippen molar-refractivity contribution in [2.24, 2.45) is 0 Å². The largest absolute Gasteiger partial charge is 0.417 e. The Morgan fingerprint density at radius 2 is 1.97 bits per heavy atom. The summed E-state index contributed by atoms with van der Waals surface area (Å²) in [6.07, 6.45) is -1.61. The van der Waals surface area contributed by atoms with Gasteiger partial charge in [0.15, 0.2) is 0 Å². The molecule has 0 saturated heterocycles. The normalized spacial score (nSPS) is 12.6. The van der Waals surface area contributed by atoms with Crippen LogP contribution in [0.2, 0.25) is 0 Å². The molecule has 3 aromatic rings. The van der Waals surface area contributed by atoms with Gasteiger partial charge in [-0.1, -0.05) is 30.3 Å². The number of nitrogens with one attached hydrogen (secondary N) is 1. The summed E-state index contributed by atoms with van der Waals surface area (Å²) in [7, 11) is 1.54. The molecule has 152 valence electrons. The zero-order chi connectivity index (χ0) is 21.0. The highest BCUT2D eigenvalue weighted by molar-refractivity contribution is 5.93. The molecule has 0 fully saturated rings. The summed E-state index contributed by atoms with van der Waals surface area (Å²) in [4.78, 5) is 16.6. The van der Waals surface area contributed by atoms with E-state index in [0.717, 1.165) is 6.07 Å². The summed E-state index contributed by atoms with van der Waals surface area (Å²) in [5.74, 6) is -0.354. The van der Waals surface area contributed by atoms with E-state index in [1.54, 1.807) is 37.3 Å². The number of rotatable bonds is 6. The lowest BCUT2D eigenvalue weighted by atomic mass is 9.99. The zero-order valence-corrected chi connectivity index (χ0v) is 15.9. The number of carbonyl (C=O) groups excluding carboxylic acids is 1. The number of methoxy groups -OCH3 is 1. The Balaban J connectivity index is 1.97. The number of alkyl halides is 3. The van der Waals surface area contributed by atoms with Gasteiger partial charge in [-0.05, 0) is 36.2 Å². The van der Waals surface area contributed by atoms with Crippen LogP contribution in [-0.2, 0) is 10.9 Å². The van der Waals surface area contributed by atoms with E-state index in [1.165, 1.54) is 36.3 Å². The standard InChI is InChI=1S/C21H20F3N3O2/c1-14(12-29-2)26-20(28)19-11-25-13-27(19)16-7-5-6-15(10-16)17-8-3-4-9-18(17)21(22,23)24/h3-11,13-14H,12H2,1-2H3,(H,26,28)/t14-/m0/s1. The minimum absolute atomic E-state index is 0.0710. The highest BCUT2D eigenvalue weighted by Gasteiger charge is 2.33. The van der Waals surface area contributed by atoms with Gasteiger partial charge >= 0.3 is 6.18 Å². The van der Waals surface area contributed by atoms with Gasteiger partial charge in [-0.15, -0.1) is 0 Å². The molecule has 0 aliphatic carbocycles. The lowest BCUT2D eigenvalue weighted by Crippen LogP contribution is -2.36. The van der Waals surface area contributed by atoms with Crippen molar-refractivity contribution >= 4 is 5.91 Å². The first-order chi connectivity index (χ1) is 13.8. The molecule has 3 rings (SSSR count). The third-order valence-corrected chi connectivity index (χ3v) is 4.33. The summed E-state index contributed by atoms with van der Waals surface area (Å²) < 4.78 is 46.7. The highest BCUT2D eigenvalue weighted by atomic mass is 19.4. The van der Waals surface area contributed by atoms with Gasteiger partial charge in [-0.25, -0.2) is 4.98 Å². The summed E-state index contributed by atoms with van der Waals surface area (Å²) in [6, 6.07) is 11.7. The van der Waals surface area contributed by atoms with E-state index in [-0.39, 0.29) is 23.2 Å². The molecule has 8 heteroatoms. The summed E-state index contributed by atoms with van der Waals surface area (Å²) in [5.41, 5.74) is 0.551. The Labute approximate surface area is 166 Å². The third kappa shape index (κ3) is 4.65. The van der Waals surface area contributed by atoms with Crippen molar-refractivity contribution in [2.75, 3.05) is 13.7 Å². The lowest BCUT2D eigenvalue weighted by Gasteiger charge is -2.15. The van der Waals surface area contributed by atoms with Crippen molar-refractivity contribution < 1.29 is 22.7 Å².